The van der Waals surface area contributed by atoms with Crippen molar-refractivity contribution in [3.63, 3.8) is 0 Å². The van der Waals surface area contributed by atoms with Gasteiger partial charge in [-0.3, -0.25) is 14.5 Å². The van der Waals surface area contributed by atoms with Gasteiger partial charge in [0.05, 0.1) is 30.3 Å². The third-order valence-electron chi connectivity index (χ3n) is 5.36. The van der Waals surface area contributed by atoms with Crippen LogP contribution in [0.4, 0.5) is 5.69 Å². The molecule has 1 atom stereocenters. The summed E-state index contributed by atoms with van der Waals surface area (Å²) in [5.41, 5.74) is 0.324. The number of carbonyl (C=O) groups excluding carboxylic acids is 2. The zero-order valence-corrected chi connectivity index (χ0v) is 19.7. The van der Waals surface area contributed by atoms with Gasteiger partial charge in [-0.05, 0) is 53.9 Å². The summed E-state index contributed by atoms with van der Waals surface area (Å²) in [6.07, 6.45) is 0. The van der Waals surface area contributed by atoms with E-state index in [1.807, 2.05) is 0 Å². The minimum absolute atomic E-state index is 0.130. The van der Waals surface area contributed by atoms with Gasteiger partial charge in [0.25, 0.3) is 11.7 Å². The Bertz CT molecular complexity index is 1400. The van der Waals surface area contributed by atoms with Crippen LogP contribution in [-0.4, -0.2) is 39.4 Å². The van der Waals surface area contributed by atoms with Gasteiger partial charge in [0, 0.05) is 10.6 Å². The number of carbonyl (C=O) groups is 2. The van der Waals surface area contributed by atoms with Crippen LogP contribution in [-0.2, 0) is 19.6 Å². The van der Waals surface area contributed by atoms with Crippen LogP contribution in [0.5, 0.6) is 11.5 Å². The maximum absolute atomic E-state index is 13.2. The van der Waals surface area contributed by atoms with E-state index in [2.05, 4.69) is 0 Å². The highest BCUT2D eigenvalue weighted by atomic mass is 32.2. The molecule has 34 heavy (non-hydrogen) atoms. The number of benzene rings is 2. The molecule has 2 aromatic carbocycles. The Morgan fingerprint density at radius 1 is 1.06 bits per heavy atom. The molecule has 1 saturated heterocycles. The number of amides is 1. The molecule has 3 N–H and O–H groups in total. The van der Waals surface area contributed by atoms with Crippen LogP contribution in [0.15, 0.2) is 70.4 Å². The minimum Gasteiger partial charge on any atom is -0.507 e. The van der Waals surface area contributed by atoms with E-state index >= 15 is 0 Å². The number of thiophene rings is 1. The molecule has 1 fully saturated rings. The van der Waals surface area contributed by atoms with E-state index < -0.39 is 33.5 Å². The lowest BCUT2D eigenvalue weighted by Crippen LogP contribution is -2.29. The first-order valence-electron chi connectivity index (χ1n) is 9.87. The van der Waals surface area contributed by atoms with Crippen LogP contribution in [0.2, 0.25) is 0 Å². The predicted molar refractivity (Wildman–Crippen MR) is 126 cm³/mol. The summed E-state index contributed by atoms with van der Waals surface area (Å²) >= 11 is 1.30. The number of nitrogens with zero attached hydrogens (tertiary/aromatic N) is 1. The zero-order valence-electron chi connectivity index (χ0n) is 18.1. The number of primary sulfonamides is 1. The molecule has 3 aromatic rings. The summed E-state index contributed by atoms with van der Waals surface area (Å²) in [7, 11) is -1.06. The lowest BCUT2D eigenvalue weighted by molar-refractivity contribution is -0.132. The van der Waals surface area contributed by atoms with Crippen molar-refractivity contribution in [2.75, 3.05) is 19.1 Å². The Morgan fingerprint density at radius 3 is 2.32 bits per heavy atom. The van der Waals surface area contributed by atoms with Crippen molar-refractivity contribution in [3.8, 4) is 11.5 Å². The van der Waals surface area contributed by atoms with Crippen molar-refractivity contribution >= 4 is 44.5 Å². The molecule has 176 valence electrons. The zero-order chi connectivity index (χ0) is 24.6. The van der Waals surface area contributed by atoms with Gasteiger partial charge in [-0.15, -0.1) is 11.3 Å². The molecule has 0 radical (unpaired) electrons. The summed E-state index contributed by atoms with van der Waals surface area (Å²) in [5.74, 6) is -1.48. The van der Waals surface area contributed by atoms with Gasteiger partial charge >= 0.3 is 0 Å². The standard InChI is InChI=1S/C23H20N2O7S2/c1-31-14-7-10-17(32-2)16(12-14)21(26)19-20(18-4-3-11-33-18)25(23(28)22(19)27)13-5-8-15(9-6-13)34(24,29)30/h3-12,20,26H,1-2H3,(H2,24,29,30)/b21-19-. The van der Waals surface area contributed by atoms with Gasteiger partial charge in [-0.2, -0.15) is 0 Å². The first-order valence-corrected chi connectivity index (χ1v) is 12.3. The van der Waals surface area contributed by atoms with Crippen molar-refractivity contribution in [3.05, 3.63) is 76.0 Å². The molecule has 1 aliphatic rings. The fourth-order valence-corrected chi connectivity index (χ4v) is 5.09. The Morgan fingerprint density at radius 2 is 1.76 bits per heavy atom. The van der Waals surface area contributed by atoms with Gasteiger partial charge in [0.15, 0.2) is 0 Å². The van der Waals surface area contributed by atoms with Crippen LogP contribution >= 0.6 is 11.3 Å². The summed E-state index contributed by atoms with van der Waals surface area (Å²) < 4.78 is 33.8. The van der Waals surface area contributed by atoms with Gasteiger partial charge in [0.1, 0.15) is 23.3 Å². The number of anilines is 1. The smallest absolute Gasteiger partial charge is 0.300 e. The molecule has 1 unspecified atom stereocenters. The number of nitrogens with two attached hydrogens (primary N) is 1. The van der Waals surface area contributed by atoms with Crippen LogP contribution < -0.4 is 19.5 Å². The molecule has 2 heterocycles. The third kappa shape index (κ3) is 4.04. The lowest BCUT2D eigenvalue weighted by atomic mass is 9.99. The summed E-state index contributed by atoms with van der Waals surface area (Å²) in [5, 5.41) is 18.2. The van der Waals surface area contributed by atoms with Crippen molar-refractivity contribution in [2.24, 2.45) is 5.14 Å². The maximum Gasteiger partial charge on any atom is 0.300 e. The van der Waals surface area contributed by atoms with E-state index in [1.54, 1.807) is 29.6 Å². The molecule has 1 aliphatic heterocycles. The first-order chi connectivity index (χ1) is 16.2. The van der Waals surface area contributed by atoms with Crippen molar-refractivity contribution in [2.45, 2.75) is 10.9 Å². The number of methoxy groups -OCH3 is 2. The topological polar surface area (TPSA) is 136 Å². The number of hydrogen-bond donors (Lipinski definition) is 2. The average Bonchev–Trinajstić information content (AvgIpc) is 3.44. The monoisotopic (exact) mass is 500 g/mol. The van der Waals surface area contributed by atoms with Crippen molar-refractivity contribution in [1.29, 1.82) is 0 Å². The summed E-state index contributed by atoms with van der Waals surface area (Å²) in [6.45, 7) is 0. The third-order valence-corrected chi connectivity index (χ3v) is 7.22. The van der Waals surface area contributed by atoms with Gasteiger partial charge in [-0.25, -0.2) is 13.6 Å². The van der Waals surface area contributed by atoms with Crippen LogP contribution in [0, 0.1) is 0 Å². The normalized spacial score (nSPS) is 17.7. The molecule has 1 amide bonds. The van der Waals surface area contributed by atoms with E-state index in [-0.39, 0.29) is 27.5 Å². The molecular weight excluding hydrogens is 480 g/mol. The second-order valence-corrected chi connectivity index (χ2v) is 9.83. The molecule has 11 heteroatoms. The fraction of sp³-hybridized carbons (Fsp3) is 0.130. The number of ether oxygens (including phenoxy) is 2. The largest absolute Gasteiger partial charge is 0.507 e. The molecule has 0 bridgehead atoms. The summed E-state index contributed by atoms with van der Waals surface area (Å²) in [4.78, 5) is 28.1. The quantitative estimate of drug-likeness (QED) is 0.302. The highest BCUT2D eigenvalue weighted by molar-refractivity contribution is 7.89. The van der Waals surface area contributed by atoms with E-state index in [0.717, 1.165) is 0 Å². The SMILES string of the molecule is COc1ccc(OC)c(/C(O)=C2/C(=O)C(=O)N(c3ccc(S(N)(=O)=O)cc3)C2c2cccs2)c1. The maximum atomic E-state index is 13.2. The second kappa shape index (κ2) is 8.93. The van der Waals surface area contributed by atoms with E-state index in [4.69, 9.17) is 14.6 Å². The molecule has 4 rings (SSSR count). The van der Waals surface area contributed by atoms with E-state index in [1.165, 1.54) is 60.8 Å². The second-order valence-electron chi connectivity index (χ2n) is 7.29. The van der Waals surface area contributed by atoms with Crippen molar-refractivity contribution < 1.29 is 32.6 Å². The molecule has 0 spiro atoms. The Balaban J connectivity index is 1.92. The summed E-state index contributed by atoms with van der Waals surface area (Å²) in [6, 6.07) is 12.5. The number of aliphatic hydroxyl groups is 1. The highest BCUT2D eigenvalue weighted by Crippen LogP contribution is 2.45. The lowest BCUT2D eigenvalue weighted by Gasteiger charge is -2.24. The minimum atomic E-state index is -3.94. The Hall–Kier alpha value is -3.67. The predicted octanol–water partition coefficient (Wildman–Crippen LogP) is 3.04. The first kappa shape index (κ1) is 23.5. The van der Waals surface area contributed by atoms with Crippen molar-refractivity contribution in [1.82, 2.24) is 0 Å². The molecule has 0 saturated carbocycles. The van der Waals surface area contributed by atoms with Gasteiger partial charge < -0.3 is 14.6 Å². The van der Waals surface area contributed by atoms with Gasteiger partial charge in [-0.1, -0.05) is 6.07 Å². The number of hydrogen-bond acceptors (Lipinski definition) is 8. The van der Waals surface area contributed by atoms with E-state index in [9.17, 15) is 23.1 Å². The number of sulfonamides is 1. The Kier molecular flexibility index (Phi) is 6.17. The molecular formula is C23H20N2O7S2. The van der Waals surface area contributed by atoms with Crippen LogP contribution in [0.25, 0.3) is 5.76 Å². The van der Waals surface area contributed by atoms with Gasteiger partial charge in [0.2, 0.25) is 10.0 Å². The average molecular weight is 501 g/mol. The van der Waals surface area contributed by atoms with Crippen LogP contribution in [0.3, 0.4) is 0 Å². The molecule has 9 nitrogen and oxygen atoms in total. The number of rotatable bonds is 6. The number of Topliss-reactive ketones (excluding diaryl/α,β-unsaturated/α-hetero) is 1. The highest BCUT2D eigenvalue weighted by Gasteiger charge is 2.47. The molecule has 0 aliphatic carbocycles. The molecule has 1 aromatic heterocycles. The van der Waals surface area contributed by atoms with E-state index in [0.29, 0.717) is 10.6 Å². The fourth-order valence-electron chi connectivity index (χ4n) is 3.76. The Labute approximate surface area is 199 Å². The number of ketones is 1. The van der Waals surface area contributed by atoms with Crippen LogP contribution in [0.1, 0.15) is 16.5 Å². The number of aliphatic hydroxyl groups excluding tert-OH is 1.